The molecule has 0 N–H and O–H groups in total. The molecular weight excluding hydrogens is 411 g/mol. The Balaban J connectivity index is 1.78. The molecule has 2 heterocycles. The number of amides is 1. The largest absolute Gasteiger partial charge is 0.466 e. The van der Waals surface area contributed by atoms with Gasteiger partial charge in [-0.15, -0.1) is 0 Å². The molecular formula is C18H20Cl2N2O4S. The molecule has 0 atom stereocenters. The highest BCUT2D eigenvalue weighted by molar-refractivity contribution is 7.89. The highest BCUT2D eigenvalue weighted by Gasteiger charge is 2.34. The summed E-state index contributed by atoms with van der Waals surface area (Å²) in [4.78, 5) is 14.4. The summed E-state index contributed by atoms with van der Waals surface area (Å²) in [5.74, 6) is 1.15. The topological polar surface area (TPSA) is 70.8 Å². The quantitative estimate of drug-likeness (QED) is 0.744. The first kappa shape index (κ1) is 20.2. The van der Waals surface area contributed by atoms with Gasteiger partial charge in [-0.1, -0.05) is 29.3 Å². The van der Waals surface area contributed by atoms with E-state index in [2.05, 4.69) is 0 Å². The summed E-state index contributed by atoms with van der Waals surface area (Å²) in [6.07, 6.45) is 0. The van der Waals surface area contributed by atoms with Gasteiger partial charge in [0, 0.05) is 31.7 Å². The Morgan fingerprint density at radius 1 is 1.00 bits per heavy atom. The van der Waals surface area contributed by atoms with Crippen molar-refractivity contribution in [2.45, 2.75) is 25.7 Å². The molecule has 1 aliphatic heterocycles. The highest BCUT2D eigenvalue weighted by atomic mass is 35.5. The van der Waals surface area contributed by atoms with Crippen LogP contribution in [-0.4, -0.2) is 49.7 Å². The Hall–Kier alpha value is -1.54. The molecule has 146 valence electrons. The maximum atomic E-state index is 12.9. The van der Waals surface area contributed by atoms with Crippen molar-refractivity contribution in [2.24, 2.45) is 0 Å². The molecule has 27 heavy (non-hydrogen) atoms. The first-order chi connectivity index (χ1) is 12.6. The highest BCUT2D eigenvalue weighted by Crippen LogP contribution is 2.32. The molecule has 0 spiro atoms. The second kappa shape index (κ2) is 7.47. The van der Waals surface area contributed by atoms with E-state index in [1.165, 1.54) is 16.4 Å². The molecule has 1 fully saturated rings. The summed E-state index contributed by atoms with van der Waals surface area (Å²) in [5.41, 5.74) is 1.37. The van der Waals surface area contributed by atoms with Crippen LogP contribution < -0.4 is 0 Å². The second-order valence-electron chi connectivity index (χ2n) is 6.46. The lowest BCUT2D eigenvalue weighted by molar-refractivity contribution is 0.0695. The van der Waals surface area contributed by atoms with Gasteiger partial charge in [0.2, 0.25) is 10.0 Å². The van der Waals surface area contributed by atoms with Crippen LogP contribution in [0.15, 0.2) is 27.5 Å². The molecule has 0 radical (unpaired) electrons. The molecule has 6 nitrogen and oxygen atoms in total. The standard InChI is InChI=1S/C18H20Cl2N2O4S/c1-11-12(2)26-13(3)16(11)18(23)21-7-9-22(10-8-21)27(24,25)17-14(19)5-4-6-15(17)20/h4-6H,7-10H2,1-3H3. The van der Waals surface area contributed by atoms with Gasteiger partial charge in [0.05, 0.1) is 15.6 Å². The molecule has 0 unspecified atom stereocenters. The van der Waals surface area contributed by atoms with E-state index in [4.69, 9.17) is 27.6 Å². The predicted molar refractivity (Wildman–Crippen MR) is 104 cm³/mol. The number of aryl methyl sites for hydroxylation is 2. The molecule has 0 bridgehead atoms. The number of carbonyl (C=O) groups is 1. The third-order valence-corrected chi connectivity index (χ3v) is 7.67. The van der Waals surface area contributed by atoms with E-state index >= 15 is 0 Å². The zero-order valence-corrected chi connectivity index (χ0v) is 17.6. The molecule has 1 aromatic heterocycles. The SMILES string of the molecule is Cc1oc(C)c(C(=O)N2CCN(S(=O)(=O)c3c(Cl)cccc3Cl)CC2)c1C. The van der Waals surface area contributed by atoms with E-state index < -0.39 is 10.0 Å². The summed E-state index contributed by atoms with van der Waals surface area (Å²) < 4.78 is 32.7. The lowest BCUT2D eigenvalue weighted by Crippen LogP contribution is -2.50. The van der Waals surface area contributed by atoms with Gasteiger partial charge >= 0.3 is 0 Å². The number of carbonyl (C=O) groups excluding carboxylic acids is 1. The van der Waals surface area contributed by atoms with Crippen LogP contribution in [-0.2, 0) is 10.0 Å². The maximum Gasteiger partial charge on any atom is 0.257 e. The van der Waals surface area contributed by atoms with E-state index in [-0.39, 0.29) is 47.0 Å². The van der Waals surface area contributed by atoms with Gasteiger partial charge in [-0.25, -0.2) is 8.42 Å². The number of piperazine rings is 1. The molecule has 1 saturated heterocycles. The predicted octanol–water partition coefficient (Wildman–Crippen LogP) is 3.66. The second-order valence-corrected chi connectivity index (χ2v) is 9.15. The van der Waals surface area contributed by atoms with Crippen molar-refractivity contribution in [3.05, 3.63) is 50.9 Å². The first-order valence-electron chi connectivity index (χ1n) is 8.44. The number of halogens is 2. The van der Waals surface area contributed by atoms with Crippen molar-refractivity contribution >= 4 is 39.1 Å². The molecule has 9 heteroatoms. The van der Waals surface area contributed by atoms with Crippen LogP contribution in [0.2, 0.25) is 10.0 Å². The van der Waals surface area contributed by atoms with Crippen LogP contribution in [0.25, 0.3) is 0 Å². The van der Waals surface area contributed by atoms with Crippen molar-refractivity contribution in [2.75, 3.05) is 26.2 Å². The van der Waals surface area contributed by atoms with Crippen LogP contribution in [0.3, 0.4) is 0 Å². The van der Waals surface area contributed by atoms with Crippen LogP contribution in [0.5, 0.6) is 0 Å². The normalized spacial score (nSPS) is 16.0. The zero-order valence-electron chi connectivity index (χ0n) is 15.3. The van der Waals surface area contributed by atoms with Crippen molar-refractivity contribution in [1.82, 2.24) is 9.21 Å². The van der Waals surface area contributed by atoms with Gasteiger partial charge in [-0.2, -0.15) is 4.31 Å². The van der Waals surface area contributed by atoms with Crippen LogP contribution in [0.1, 0.15) is 27.4 Å². The number of benzene rings is 1. The minimum atomic E-state index is -3.84. The Labute approximate surface area is 168 Å². The van der Waals surface area contributed by atoms with Crippen LogP contribution >= 0.6 is 23.2 Å². The van der Waals surface area contributed by atoms with Gasteiger partial charge < -0.3 is 9.32 Å². The van der Waals surface area contributed by atoms with E-state index in [0.717, 1.165) is 5.56 Å². The van der Waals surface area contributed by atoms with Gasteiger partial charge in [-0.05, 0) is 32.9 Å². The van der Waals surface area contributed by atoms with E-state index in [1.54, 1.807) is 17.9 Å². The Kier molecular flexibility index (Phi) is 5.59. The van der Waals surface area contributed by atoms with Gasteiger partial charge in [-0.3, -0.25) is 4.79 Å². The number of nitrogens with zero attached hydrogens (tertiary/aromatic N) is 2. The van der Waals surface area contributed by atoms with E-state index in [1.807, 2.05) is 13.8 Å². The summed E-state index contributed by atoms with van der Waals surface area (Å²) in [7, 11) is -3.84. The number of hydrogen-bond donors (Lipinski definition) is 0. The average Bonchev–Trinajstić information content (AvgIpc) is 2.86. The van der Waals surface area contributed by atoms with Crippen LogP contribution in [0.4, 0.5) is 0 Å². The first-order valence-corrected chi connectivity index (χ1v) is 10.6. The summed E-state index contributed by atoms with van der Waals surface area (Å²) in [5, 5.41) is 0.169. The minimum Gasteiger partial charge on any atom is -0.466 e. The Morgan fingerprint density at radius 2 is 1.56 bits per heavy atom. The molecule has 0 aliphatic carbocycles. The minimum absolute atomic E-state index is 0.0844. The van der Waals surface area contributed by atoms with Gasteiger partial charge in [0.25, 0.3) is 5.91 Å². The van der Waals surface area contributed by atoms with E-state index in [0.29, 0.717) is 17.1 Å². The number of sulfonamides is 1. The number of hydrogen-bond acceptors (Lipinski definition) is 4. The zero-order chi connectivity index (χ0) is 19.9. The molecule has 1 aliphatic rings. The van der Waals surface area contributed by atoms with Crippen molar-refractivity contribution in [1.29, 1.82) is 0 Å². The fraction of sp³-hybridized carbons (Fsp3) is 0.389. The monoisotopic (exact) mass is 430 g/mol. The molecule has 1 amide bonds. The van der Waals surface area contributed by atoms with E-state index in [9.17, 15) is 13.2 Å². The maximum absolute atomic E-state index is 12.9. The molecule has 3 rings (SSSR count). The molecule has 1 aromatic carbocycles. The smallest absolute Gasteiger partial charge is 0.257 e. The third kappa shape index (κ3) is 3.61. The van der Waals surface area contributed by atoms with Crippen molar-refractivity contribution < 1.29 is 17.6 Å². The average molecular weight is 431 g/mol. The van der Waals surface area contributed by atoms with Crippen molar-refractivity contribution in [3.8, 4) is 0 Å². The van der Waals surface area contributed by atoms with Gasteiger partial charge in [0.15, 0.2) is 0 Å². The molecule has 2 aromatic rings. The summed E-state index contributed by atoms with van der Waals surface area (Å²) in [6.45, 7) is 6.32. The third-order valence-electron chi connectivity index (χ3n) is 4.82. The number of furan rings is 1. The fourth-order valence-electron chi connectivity index (χ4n) is 3.26. The number of rotatable bonds is 3. The van der Waals surface area contributed by atoms with Crippen LogP contribution in [0, 0.1) is 20.8 Å². The lowest BCUT2D eigenvalue weighted by Gasteiger charge is -2.34. The fourth-order valence-corrected chi connectivity index (χ4v) is 5.77. The van der Waals surface area contributed by atoms with Crippen molar-refractivity contribution in [3.63, 3.8) is 0 Å². The Morgan fingerprint density at radius 3 is 2.04 bits per heavy atom. The summed E-state index contributed by atoms with van der Waals surface area (Å²) >= 11 is 12.1. The summed E-state index contributed by atoms with van der Waals surface area (Å²) in [6, 6.07) is 4.58. The molecule has 0 saturated carbocycles. The Bertz CT molecular complexity index is 973. The van der Waals surface area contributed by atoms with Gasteiger partial charge in [0.1, 0.15) is 16.4 Å². The lowest BCUT2D eigenvalue weighted by atomic mass is 10.1.